The minimum absolute atomic E-state index is 0.206. The van der Waals surface area contributed by atoms with Crippen LogP contribution in [0.15, 0.2) is 53.9 Å². The molecule has 3 rings (SSSR count). The van der Waals surface area contributed by atoms with Crippen LogP contribution >= 0.6 is 11.3 Å². The Hall–Kier alpha value is -3.19. The van der Waals surface area contributed by atoms with Gasteiger partial charge in [-0.3, -0.25) is 4.79 Å². The van der Waals surface area contributed by atoms with Gasteiger partial charge < -0.3 is 14.4 Å². The van der Waals surface area contributed by atoms with Crippen molar-refractivity contribution in [3.63, 3.8) is 0 Å². The van der Waals surface area contributed by atoms with Crippen LogP contribution in [-0.4, -0.2) is 42.0 Å². The third-order valence-corrected chi connectivity index (χ3v) is 5.31. The standard InChI is InChI=1S/C23H24N2O4S/c1-4-28-19-11-7-17(8-12-19)13-25(3)21(26)14-29-23(27)20-15-30-22(24-20)18-9-5-16(2)6-10-18/h5-12,15H,4,13-14H2,1-3H3. The first-order valence-corrected chi connectivity index (χ1v) is 10.5. The molecule has 0 saturated heterocycles. The van der Waals surface area contributed by atoms with E-state index in [2.05, 4.69) is 4.98 Å². The first-order chi connectivity index (χ1) is 14.5. The van der Waals surface area contributed by atoms with E-state index in [1.165, 1.54) is 16.2 Å². The van der Waals surface area contributed by atoms with Crippen molar-refractivity contribution < 1.29 is 19.1 Å². The number of likely N-dealkylation sites (N-methyl/N-ethyl adjacent to an activating group) is 1. The van der Waals surface area contributed by atoms with Crippen molar-refractivity contribution >= 4 is 23.2 Å². The summed E-state index contributed by atoms with van der Waals surface area (Å²) >= 11 is 1.37. The van der Waals surface area contributed by atoms with Crippen molar-refractivity contribution in [2.75, 3.05) is 20.3 Å². The number of amides is 1. The summed E-state index contributed by atoms with van der Waals surface area (Å²) in [4.78, 5) is 30.4. The molecule has 0 saturated carbocycles. The van der Waals surface area contributed by atoms with Gasteiger partial charge in [0, 0.05) is 24.5 Å². The van der Waals surface area contributed by atoms with Crippen molar-refractivity contribution in [3.05, 3.63) is 70.7 Å². The Morgan fingerprint density at radius 1 is 1.07 bits per heavy atom. The van der Waals surface area contributed by atoms with Gasteiger partial charge in [0.25, 0.3) is 5.91 Å². The summed E-state index contributed by atoms with van der Waals surface area (Å²) in [5, 5.41) is 2.38. The van der Waals surface area contributed by atoms with Crippen molar-refractivity contribution in [2.24, 2.45) is 0 Å². The number of aryl methyl sites for hydroxylation is 1. The molecule has 0 spiro atoms. The quantitative estimate of drug-likeness (QED) is 0.504. The smallest absolute Gasteiger partial charge is 0.358 e. The van der Waals surface area contributed by atoms with Crippen LogP contribution in [0.5, 0.6) is 5.75 Å². The zero-order valence-corrected chi connectivity index (χ0v) is 18.1. The van der Waals surface area contributed by atoms with Crippen molar-refractivity contribution in [1.29, 1.82) is 0 Å². The molecule has 0 aliphatic carbocycles. The summed E-state index contributed by atoms with van der Waals surface area (Å²) in [6, 6.07) is 15.5. The van der Waals surface area contributed by atoms with Gasteiger partial charge in [-0.15, -0.1) is 11.3 Å². The maximum atomic E-state index is 12.3. The monoisotopic (exact) mass is 424 g/mol. The molecule has 1 aromatic heterocycles. The molecule has 30 heavy (non-hydrogen) atoms. The highest BCUT2D eigenvalue weighted by Crippen LogP contribution is 2.24. The van der Waals surface area contributed by atoms with Crippen LogP contribution in [0, 0.1) is 6.92 Å². The molecule has 6 nitrogen and oxygen atoms in total. The SMILES string of the molecule is CCOc1ccc(CN(C)C(=O)COC(=O)c2csc(-c3ccc(C)cc3)n2)cc1. The summed E-state index contributed by atoms with van der Waals surface area (Å²) in [5.41, 5.74) is 3.26. The molecule has 1 heterocycles. The molecule has 0 aliphatic heterocycles. The molecule has 0 unspecified atom stereocenters. The maximum Gasteiger partial charge on any atom is 0.358 e. The number of benzene rings is 2. The third kappa shape index (κ3) is 5.67. The van der Waals surface area contributed by atoms with Crippen LogP contribution in [0.2, 0.25) is 0 Å². The number of nitrogens with zero attached hydrogens (tertiary/aromatic N) is 2. The maximum absolute atomic E-state index is 12.3. The van der Waals surface area contributed by atoms with Gasteiger partial charge in [-0.25, -0.2) is 9.78 Å². The van der Waals surface area contributed by atoms with Crippen LogP contribution in [0.4, 0.5) is 0 Å². The Balaban J connectivity index is 1.51. The fourth-order valence-corrected chi connectivity index (χ4v) is 3.52. The van der Waals surface area contributed by atoms with Crippen LogP contribution in [0.3, 0.4) is 0 Å². The van der Waals surface area contributed by atoms with E-state index in [1.54, 1.807) is 12.4 Å². The van der Waals surface area contributed by atoms with Gasteiger partial charge in [0.1, 0.15) is 10.8 Å². The van der Waals surface area contributed by atoms with Gasteiger partial charge in [-0.1, -0.05) is 42.0 Å². The second kappa shape index (κ2) is 10.0. The lowest BCUT2D eigenvalue weighted by molar-refractivity contribution is -0.133. The molecule has 0 N–H and O–H groups in total. The molecular formula is C23H24N2O4S. The third-order valence-electron chi connectivity index (χ3n) is 4.42. The van der Waals surface area contributed by atoms with Gasteiger partial charge >= 0.3 is 5.97 Å². The van der Waals surface area contributed by atoms with Crippen LogP contribution < -0.4 is 4.74 Å². The molecule has 3 aromatic rings. The Morgan fingerprint density at radius 2 is 1.77 bits per heavy atom. The van der Waals surface area contributed by atoms with Crippen molar-refractivity contribution in [3.8, 4) is 16.3 Å². The number of hydrogen-bond donors (Lipinski definition) is 0. The minimum Gasteiger partial charge on any atom is -0.494 e. The fourth-order valence-electron chi connectivity index (χ4n) is 2.73. The van der Waals surface area contributed by atoms with E-state index in [0.29, 0.717) is 13.2 Å². The van der Waals surface area contributed by atoms with E-state index >= 15 is 0 Å². The van der Waals surface area contributed by atoms with Crippen molar-refractivity contribution in [2.45, 2.75) is 20.4 Å². The molecule has 0 bridgehead atoms. The number of ether oxygens (including phenoxy) is 2. The molecule has 2 aromatic carbocycles. The van der Waals surface area contributed by atoms with Gasteiger partial charge in [-0.2, -0.15) is 0 Å². The summed E-state index contributed by atoms with van der Waals surface area (Å²) < 4.78 is 10.6. The second-order valence-electron chi connectivity index (χ2n) is 6.81. The van der Waals surface area contributed by atoms with Gasteiger partial charge in [0.05, 0.1) is 6.61 Å². The lowest BCUT2D eigenvalue weighted by Gasteiger charge is -2.17. The number of hydrogen-bond acceptors (Lipinski definition) is 6. The largest absolute Gasteiger partial charge is 0.494 e. The summed E-state index contributed by atoms with van der Waals surface area (Å²) in [7, 11) is 1.67. The van der Waals surface area contributed by atoms with Crippen LogP contribution in [-0.2, 0) is 16.1 Å². The average molecular weight is 425 g/mol. The topological polar surface area (TPSA) is 68.7 Å². The lowest BCUT2D eigenvalue weighted by Crippen LogP contribution is -2.30. The van der Waals surface area contributed by atoms with Gasteiger partial charge in [0.15, 0.2) is 12.3 Å². The molecule has 7 heteroatoms. The Bertz CT molecular complexity index is 997. The highest BCUT2D eigenvalue weighted by atomic mass is 32.1. The number of carbonyl (C=O) groups excluding carboxylic acids is 2. The van der Waals surface area contributed by atoms with E-state index in [4.69, 9.17) is 9.47 Å². The first kappa shape index (κ1) is 21.5. The highest BCUT2D eigenvalue weighted by molar-refractivity contribution is 7.13. The Morgan fingerprint density at radius 3 is 2.43 bits per heavy atom. The number of rotatable bonds is 8. The molecule has 0 fully saturated rings. The summed E-state index contributed by atoms with van der Waals surface area (Å²) in [6.45, 7) is 4.63. The first-order valence-electron chi connectivity index (χ1n) is 9.61. The normalized spacial score (nSPS) is 10.5. The van der Waals surface area contributed by atoms with Gasteiger partial charge in [0.2, 0.25) is 0 Å². The lowest BCUT2D eigenvalue weighted by atomic mass is 10.2. The van der Waals surface area contributed by atoms with Crippen LogP contribution in [0.25, 0.3) is 10.6 Å². The van der Waals surface area contributed by atoms with Crippen LogP contribution in [0.1, 0.15) is 28.5 Å². The molecule has 1 amide bonds. The van der Waals surface area contributed by atoms with E-state index in [0.717, 1.165) is 27.4 Å². The Labute approximate surface area is 180 Å². The summed E-state index contributed by atoms with van der Waals surface area (Å²) in [5.74, 6) is -0.101. The second-order valence-corrected chi connectivity index (χ2v) is 7.66. The van der Waals surface area contributed by atoms with E-state index in [9.17, 15) is 9.59 Å². The van der Waals surface area contributed by atoms with Gasteiger partial charge in [-0.05, 0) is 31.5 Å². The van der Waals surface area contributed by atoms with E-state index in [-0.39, 0.29) is 18.2 Å². The van der Waals surface area contributed by atoms with E-state index < -0.39 is 5.97 Å². The number of thiazole rings is 1. The molecule has 0 radical (unpaired) electrons. The molecule has 0 aliphatic rings. The zero-order valence-electron chi connectivity index (χ0n) is 17.3. The highest BCUT2D eigenvalue weighted by Gasteiger charge is 2.17. The number of aromatic nitrogens is 1. The predicted molar refractivity (Wildman–Crippen MR) is 117 cm³/mol. The minimum atomic E-state index is -0.604. The molecule has 0 atom stereocenters. The average Bonchev–Trinajstić information content (AvgIpc) is 3.24. The predicted octanol–water partition coefficient (Wildman–Crippen LogP) is 4.33. The summed E-state index contributed by atoms with van der Waals surface area (Å²) in [6.07, 6.45) is 0. The number of carbonyl (C=O) groups is 2. The fraction of sp³-hybridized carbons (Fsp3) is 0.261. The zero-order chi connectivity index (χ0) is 21.5. The number of esters is 1. The van der Waals surface area contributed by atoms with Crippen molar-refractivity contribution in [1.82, 2.24) is 9.88 Å². The van der Waals surface area contributed by atoms with E-state index in [1.807, 2.05) is 62.4 Å². The Kier molecular flexibility index (Phi) is 7.19. The molecular weight excluding hydrogens is 400 g/mol. The molecule has 156 valence electrons.